The number of hydrogen-bond donors (Lipinski definition) is 0. The summed E-state index contributed by atoms with van der Waals surface area (Å²) < 4.78 is 3.08. The molecule has 10 rings (SSSR count). The first-order valence-electron chi connectivity index (χ1n) is 18.9. The summed E-state index contributed by atoms with van der Waals surface area (Å²) in [6.07, 6.45) is 0. The van der Waals surface area contributed by atoms with Gasteiger partial charge in [0.2, 0.25) is 5.65 Å². The predicted molar refractivity (Wildman–Crippen MR) is 233 cm³/mol. The normalized spacial score (nSPS) is 11.3. The van der Waals surface area contributed by atoms with Crippen LogP contribution in [0, 0.1) is 0 Å². The molecule has 8 aromatic carbocycles. The van der Waals surface area contributed by atoms with Crippen LogP contribution in [0.1, 0.15) is 0 Å². The fraction of sp³-hybridized carbons (Fsp3) is 0. The molecule has 0 saturated carbocycles. The van der Waals surface area contributed by atoms with Crippen LogP contribution in [0.3, 0.4) is 0 Å². The van der Waals surface area contributed by atoms with Gasteiger partial charge in [-0.15, -0.1) is 0 Å². The maximum absolute atomic E-state index is 14.1. The van der Waals surface area contributed by atoms with E-state index < -0.39 is 0 Å². The van der Waals surface area contributed by atoms with E-state index in [1.807, 2.05) is 72.8 Å². The SMILES string of the molecule is O=c1c2nc3ccccc3c(=O)n2c2ccccc2n1-c1ccc(-c2ccc(N(c3ccc(-c4ccccc4)cc3)c3ccc(-c4ccccc4)cc3)cc2)cc1. The molecule has 0 aliphatic heterocycles. The molecular weight excluding hydrogens is 701 g/mol. The molecule has 0 unspecified atom stereocenters. The number of para-hydroxylation sites is 3. The zero-order chi connectivity index (χ0) is 38.3. The van der Waals surface area contributed by atoms with Gasteiger partial charge in [0.1, 0.15) is 0 Å². The summed E-state index contributed by atoms with van der Waals surface area (Å²) in [5.74, 6) is 0. The molecule has 0 aliphatic rings. The van der Waals surface area contributed by atoms with Crippen LogP contribution < -0.4 is 16.0 Å². The van der Waals surface area contributed by atoms with Crippen molar-refractivity contribution in [2.24, 2.45) is 0 Å². The van der Waals surface area contributed by atoms with E-state index in [0.717, 1.165) is 39.3 Å². The number of aromatic nitrogens is 3. The Morgan fingerprint density at radius 2 is 0.772 bits per heavy atom. The molecule has 0 radical (unpaired) electrons. The van der Waals surface area contributed by atoms with Crippen molar-refractivity contribution in [1.82, 2.24) is 14.0 Å². The molecule has 0 saturated heterocycles. The Hall–Kier alpha value is -7.83. The Kier molecular flexibility index (Phi) is 8.34. The van der Waals surface area contributed by atoms with E-state index >= 15 is 0 Å². The highest BCUT2D eigenvalue weighted by molar-refractivity contribution is 5.86. The Balaban J connectivity index is 1.01. The second kappa shape index (κ2) is 14.1. The van der Waals surface area contributed by atoms with E-state index in [2.05, 4.69) is 131 Å². The minimum atomic E-state index is -0.359. The van der Waals surface area contributed by atoms with Crippen LogP contribution in [-0.2, 0) is 0 Å². The van der Waals surface area contributed by atoms with Gasteiger partial charge in [-0.3, -0.25) is 18.6 Å². The second-order valence-corrected chi connectivity index (χ2v) is 14.0. The van der Waals surface area contributed by atoms with E-state index in [-0.39, 0.29) is 16.8 Å². The monoisotopic (exact) mass is 734 g/mol. The van der Waals surface area contributed by atoms with Crippen molar-refractivity contribution in [1.29, 1.82) is 0 Å². The lowest BCUT2D eigenvalue weighted by Crippen LogP contribution is -2.28. The Morgan fingerprint density at radius 1 is 0.368 bits per heavy atom. The standard InChI is InChI=1S/C51H34N4O2/c56-50-45-15-7-8-16-46(45)52-49-51(57)54(47-17-9-10-18-48(47)55(49)50)44-33-25-40(26-34-44)39-23-31-43(32-24-39)53(41-27-19-37(20-28-41)35-11-3-1-4-12-35)42-29-21-38(22-30-42)36-13-5-2-6-14-36/h1-34H. The Morgan fingerprint density at radius 3 is 1.28 bits per heavy atom. The lowest BCUT2D eigenvalue weighted by atomic mass is 10.0. The molecule has 0 N–H and O–H groups in total. The lowest BCUT2D eigenvalue weighted by Gasteiger charge is -2.26. The van der Waals surface area contributed by atoms with Gasteiger partial charge in [0.05, 0.1) is 21.9 Å². The zero-order valence-corrected chi connectivity index (χ0v) is 30.7. The summed E-state index contributed by atoms with van der Waals surface area (Å²) in [6.45, 7) is 0. The van der Waals surface area contributed by atoms with Gasteiger partial charge < -0.3 is 4.90 Å². The van der Waals surface area contributed by atoms with E-state index in [1.54, 1.807) is 16.7 Å². The minimum Gasteiger partial charge on any atom is -0.311 e. The summed E-state index contributed by atoms with van der Waals surface area (Å²) >= 11 is 0. The quantitative estimate of drug-likeness (QED) is 0.121. The molecule has 57 heavy (non-hydrogen) atoms. The highest BCUT2D eigenvalue weighted by Crippen LogP contribution is 2.38. The van der Waals surface area contributed by atoms with Crippen molar-refractivity contribution >= 4 is 44.6 Å². The molecule has 6 heteroatoms. The number of anilines is 3. The molecule has 270 valence electrons. The summed E-state index contributed by atoms with van der Waals surface area (Å²) in [5.41, 5.74) is 11.8. The van der Waals surface area contributed by atoms with E-state index in [1.165, 1.54) is 15.5 Å². The summed E-state index contributed by atoms with van der Waals surface area (Å²) in [6, 6.07) is 69.3. The van der Waals surface area contributed by atoms with Crippen molar-refractivity contribution in [3.63, 3.8) is 0 Å². The molecule has 0 fully saturated rings. The van der Waals surface area contributed by atoms with Crippen LogP contribution >= 0.6 is 0 Å². The van der Waals surface area contributed by atoms with Crippen molar-refractivity contribution in [2.75, 3.05) is 4.90 Å². The summed E-state index contributed by atoms with van der Waals surface area (Å²) in [4.78, 5) is 34.7. The van der Waals surface area contributed by atoms with Crippen molar-refractivity contribution in [3.05, 3.63) is 227 Å². The minimum absolute atomic E-state index is 0.0889. The third-order valence-corrected chi connectivity index (χ3v) is 10.6. The first-order chi connectivity index (χ1) is 28.1. The van der Waals surface area contributed by atoms with Gasteiger partial charge in [-0.25, -0.2) is 4.98 Å². The van der Waals surface area contributed by atoms with Gasteiger partial charge in [-0.05, 0) is 106 Å². The van der Waals surface area contributed by atoms with Crippen LogP contribution in [0.2, 0.25) is 0 Å². The maximum atomic E-state index is 14.1. The van der Waals surface area contributed by atoms with Gasteiger partial charge in [-0.2, -0.15) is 0 Å². The smallest absolute Gasteiger partial charge is 0.299 e. The Bertz CT molecular complexity index is 3090. The van der Waals surface area contributed by atoms with Crippen LogP contribution in [0.5, 0.6) is 0 Å². The zero-order valence-electron chi connectivity index (χ0n) is 30.7. The molecule has 0 atom stereocenters. The first-order valence-corrected chi connectivity index (χ1v) is 18.9. The number of benzene rings is 8. The third-order valence-electron chi connectivity index (χ3n) is 10.6. The lowest BCUT2D eigenvalue weighted by molar-refractivity contribution is 0.987. The summed E-state index contributed by atoms with van der Waals surface area (Å²) in [7, 11) is 0. The molecule has 2 aromatic heterocycles. The van der Waals surface area contributed by atoms with E-state index in [9.17, 15) is 9.59 Å². The molecule has 0 bridgehead atoms. The van der Waals surface area contributed by atoms with Crippen LogP contribution in [0.15, 0.2) is 216 Å². The van der Waals surface area contributed by atoms with Crippen molar-refractivity contribution in [3.8, 4) is 39.1 Å². The highest BCUT2D eigenvalue weighted by atomic mass is 16.1. The van der Waals surface area contributed by atoms with Crippen LogP contribution in [0.25, 0.3) is 66.7 Å². The molecule has 0 amide bonds. The fourth-order valence-electron chi connectivity index (χ4n) is 7.73. The third kappa shape index (κ3) is 6.06. The largest absolute Gasteiger partial charge is 0.311 e. The van der Waals surface area contributed by atoms with Gasteiger partial charge >= 0.3 is 0 Å². The van der Waals surface area contributed by atoms with Gasteiger partial charge in [0, 0.05) is 22.7 Å². The number of fused-ring (bicyclic) bond motifs is 4. The molecule has 0 aliphatic carbocycles. The molecule has 10 aromatic rings. The van der Waals surface area contributed by atoms with Crippen molar-refractivity contribution in [2.45, 2.75) is 0 Å². The second-order valence-electron chi connectivity index (χ2n) is 14.0. The number of rotatable bonds is 7. The number of hydrogen-bond acceptors (Lipinski definition) is 4. The van der Waals surface area contributed by atoms with Gasteiger partial charge in [-0.1, -0.05) is 133 Å². The van der Waals surface area contributed by atoms with Crippen LogP contribution in [-0.4, -0.2) is 14.0 Å². The molecule has 2 heterocycles. The van der Waals surface area contributed by atoms with E-state index in [4.69, 9.17) is 0 Å². The molecule has 6 nitrogen and oxygen atoms in total. The topological polar surface area (TPSA) is 59.6 Å². The first kappa shape index (κ1) is 33.7. The van der Waals surface area contributed by atoms with E-state index in [0.29, 0.717) is 27.6 Å². The number of nitrogens with zero attached hydrogens (tertiary/aromatic N) is 4. The molecule has 0 spiro atoms. The predicted octanol–water partition coefficient (Wildman–Crippen LogP) is 11.6. The average Bonchev–Trinajstić information content (AvgIpc) is 3.28. The van der Waals surface area contributed by atoms with Crippen molar-refractivity contribution < 1.29 is 0 Å². The average molecular weight is 735 g/mol. The fourth-order valence-corrected chi connectivity index (χ4v) is 7.73. The van der Waals surface area contributed by atoms with Gasteiger partial charge in [0.15, 0.2) is 0 Å². The van der Waals surface area contributed by atoms with Crippen LogP contribution in [0.4, 0.5) is 17.1 Å². The summed E-state index contributed by atoms with van der Waals surface area (Å²) in [5, 5.41) is 0.470. The Labute approximate surface area is 328 Å². The maximum Gasteiger partial charge on any atom is 0.299 e. The molecular formula is C51H34N4O2. The van der Waals surface area contributed by atoms with Gasteiger partial charge in [0.25, 0.3) is 11.1 Å². The highest BCUT2D eigenvalue weighted by Gasteiger charge is 2.18.